The maximum Gasteiger partial charge on any atom is 0.333 e. The van der Waals surface area contributed by atoms with E-state index < -0.39 is 0 Å². The molecule has 0 aliphatic heterocycles. The summed E-state index contributed by atoms with van der Waals surface area (Å²) in [4.78, 5) is 25.9. The van der Waals surface area contributed by atoms with Crippen LogP contribution in [0.4, 0.5) is 0 Å². The Bertz CT molecular complexity index is 1070. The second-order valence-electron chi connectivity index (χ2n) is 12.5. The number of benzene rings is 1. The normalized spacial score (nSPS) is 36.1. The van der Waals surface area contributed by atoms with Gasteiger partial charge in [0.05, 0.1) is 12.6 Å². The number of ether oxygens (including phenoxy) is 1. The first kappa shape index (κ1) is 24.3. The van der Waals surface area contributed by atoms with E-state index in [-0.39, 0.29) is 34.2 Å². The highest BCUT2D eigenvalue weighted by atomic mass is 16.5. The van der Waals surface area contributed by atoms with Crippen molar-refractivity contribution in [3.8, 4) is 0 Å². The number of carbonyl (C=O) groups is 2. The van der Waals surface area contributed by atoms with Gasteiger partial charge in [0, 0.05) is 11.5 Å². The minimum absolute atomic E-state index is 0.0569. The fourth-order valence-electron chi connectivity index (χ4n) is 8.37. The van der Waals surface area contributed by atoms with Gasteiger partial charge in [0.2, 0.25) is 5.91 Å². The molecule has 2 fully saturated rings. The fraction of sp³-hybridized carbons (Fsp3) is 0.613. The number of hydrogen-bond donors (Lipinski definition) is 1. The van der Waals surface area contributed by atoms with Crippen molar-refractivity contribution >= 4 is 11.9 Å². The van der Waals surface area contributed by atoms with E-state index in [4.69, 9.17) is 4.74 Å². The van der Waals surface area contributed by atoms with Gasteiger partial charge in [0.25, 0.3) is 0 Å². The Morgan fingerprint density at radius 1 is 1.03 bits per heavy atom. The van der Waals surface area contributed by atoms with Gasteiger partial charge in [0.1, 0.15) is 0 Å². The van der Waals surface area contributed by atoms with Gasteiger partial charge in [-0.05, 0) is 105 Å². The highest BCUT2D eigenvalue weighted by molar-refractivity contribution is 5.89. The molecule has 2 saturated carbocycles. The van der Waals surface area contributed by atoms with Crippen LogP contribution in [-0.2, 0) is 19.9 Å². The highest BCUT2D eigenvalue weighted by Gasteiger charge is 2.59. The monoisotopic (exact) mass is 475 g/mol. The second-order valence-corrected chi connectivity index (χ2v) is 12.5. The van der Waals surface area contributed by atoms with Crippen molar-refractivity contribution in [3.05, 3.63) is 59.2 Å². The Balaban J connectivity index is 1.36. The molecule has 1 aromatic carbocycles. The lowest BCUT2D eigenvalue weighted by Crippen LogP contribution is -2.52. The van der Waals surface area contributed by atoms with Gasteiger partial charge in [-0.1, -0.05) is 50.3 Å². The molecular formula is C31H41NO3. The van der Waals surface area contributed by atoms with Crippen LogP contribution < -0.4 is 5.32 Å². The minimum Gasteiger partial charge on any atom is -0.466 e. The lowest BCUT2D eigenvalue weighted by molar-refractivity contribution is -0.136. The Kier molecular flexibility index (Phi) is 6.01. The van der Waals surface area contributed by atoms with Crippen LogP contribution in [0, 0.1) is 34.5 Å². The molecule has 1 N–H and O–H groups in total. The van der Waals surface area contributed by atoms with Crippen LogP contribution in [-0.4, -0.2) is 19.0 Å². The van der Waals surface area contributed by atoms with Crippen LogP contribution in [0.25, 0.3) is 0 Å². The quantitative estimate of drug-likeness (QED) is 0.518. The predicted molar refractivity (Wildman–Crippen MR) is 138 cm³/mol. The molecule has 188 valence electrons. The van der Waals surface area contributed by atoms with E-state index in [1.165, 1.54) is 19.1 Å². The summed E-state index contributed by atoms with van der Waals surface area (Å²) in [7, 11) is 1.47. The van der Waals surface area contributed by atoms with Gasteiger partial charge < -0.3 is 10.1 Å². The van der Waals surface area contributed by atoms with Crippen molar-refractivity contribution in [1.29, 1.82) is 0 Å². The summed E-state index contributed by atoms with van der Waals surface area (Å²) in [5.41, 5.74) is 3.09. The van der Waals surface area contributed by atoms with Gasteiger partial charge in [0.15, 0.2) is 0 Å². The third-order valence-electron chi connectivity index (χ3n) is 10.5. The third kappa shape index (κ3) is 3.88. The summed E-state index contributed by atoms with van der Waals surface area (Å²) in [6.07, 6.45) is 11.8. The summed E-state index contributed by atoms with van der Waals surface area (Å²) in [5, 5.41) is 3.42. The number of esters is 1. The first-order valence-corrected chi connectivity index (χ1v) is 13.5. The Morgan fingerprint density at radius 2 is 1.77 bits per heavy atom. The zero-order chi connectivity index (χ0) is 25.0. The molecule has 0 bridgehead atoms. The SMILES string of the molecule is COC(=O)C1=CC2=CC[C@H]3[C@@H]4CC[C@H](C(=O)NC(C)(C)c5ccccc5)[C@@]4(C)CC[C@@H]3[C@@]2(C)CC1. The average molecular weight is 476 g/mol. The van der Waals surface area contributed by atoms with Gasteiger partial charge in [-0.2, -0.15) is 0 Å². The van der Waals surface area contributed by atoms with Gasteiger partial charge in [-0.3, -0.25) is 4.79 Å². The van der Waals surface area contributed by atoms with Gasteiger partial charge in [-0.15, -0.1) is 0 Å². The maximum absolute atomic E-state index is 13.7. The number of carbonyl (C=O) groups excluding carboxylic acids is 2. The summed E-state index contributed by atoms with van der Waals surface area (Å²) >= 11 is 0. The minimum atomic E-state index is -0.383. The van der Waals surface area contributed by atoms with Crippen LogP contribution in [0.2, 0.25) is 0 Å². The van der Waals surface area contributed by atoms with Crippen molar-refractivity contribution < 1.29 is 14.3 Å². The first-order chi connectivity index (χ1) is 16.6. The second kappa shape index (κ2) is 8.64. The molecule has 5 rings (SSSR count). The smallest absolute Gasteiger partial charge is 0.333 e. The largest absolute Gasteiger partial charge is 0.466 e. The predicted octanol–water partition coefficient (Wildman–Crippen LogP) is 6.33. The van der Waals surface area contributed by atoms with E-state index >= 15 is 0 Å². The van der Waals surface area contributed by atoms with Gasteiger partial charge in [-0.25, -0.2) is 4.79 Å². The number of rotatable bonds is 4. The zero-order valence-corrected chi connectivity index (χ0v) is 22.0. The molecule has 4 nitrogen and oxygen atoms in total. The highest BCUT2D eigenvalue weighted by Crippen LogP contribution is 2.66. The molecule has 0 aromatic heterocycles. The summed E-state index contributed by atoms with van der Waals surface area (Å²) in [6.45, 7) is 9.04. The summed E-state index contributed by atoms with van der Waals surface area (Å²) < 4.78 is 5.00. The average Bonchev–Trinajstić information content (AvgIpc) is 3.20. The van der Waals surface area contributed by atoms with Crippen molar-refractivity contribution in [3.63, 3.8) is 0 Å². The number of amides is 1. The van der Waals surface area contributed by atoms with E-state index in [2.05, 4.69) is 57.3 Å². The van der Waals surface area contributed by atoms with E-state index in [0.29, 0.717) is 17.8 Å². The number of methoxy groups -OCH3 is 1. The Labute approximate surface area is 210 Å². The third-order valence-corrected chi connectivity index (χ3v) is 10.5. The zero-order valence-electron chi connectivity index (χ0n) is 22.0. The van der Waals surface area contributed by atoms with E-state index in [9.17, 15) is 9.59 Å². The van der Waals surface area contributed by atoms with Crippen molar-refractivity contribution in [1.82, 2.24) is 5.32 Å². The van der Waals surface area contributed by atoms with Crippen LogP contribution in [0.5, 0.6) is 0 Å². The molecule has 4 heteroatoms. The van der Waals surface area contributed by atoms with Crippen LogP contribution in [0.15, 0.2) is 53.6 Å². The number of hydrogen-bond acceptors (Lipinski definition) is 3. The van der Waals surface area contributed by atoms with Crippen LogP contribution in [0.3, 0.4) is 0 Å². The van der Waals surface area contributed by atoms with Crippen molar-refractivity contribution in [2.45, 2.75) is 78.2 Å². The first-order valence-electron chi connectivity index (χ1n) is 13.5. The molecule has 1 amide bonds. The molecule has 35 heavy (non-hydrogen) atoms. The molecule has 0 unspecified atom stereocenters. The Hall–Kier alpha value is -2.36. The van der Waals surface area contributed by atoms with E-state index in [1.807, 2.05) is 18.2 Å². The van der Waals surface area contributed by atoms with E-state index in [0.717, 1.165) is 49.7 Å². The lowest BCUT2D eigenvalue weighted by Gasteiger charge is -2.57. The Morgan fingerprint density at radius 3 is 2.49 bits per heavy atom. The number of allylic oxidation sites excluding steroid dienone is 3. The summed E-state index contributed by atoms with van der Waals surface area (Å²) in [5.74, 6) is 1.94. The molecular weight excluding hydrogens is 434 g/mol. The standard InChI is InChI=1S/C31H41NO3/c1-29(2,21-9-7-6-8-10-21)32-27(33)26-14-13-24-23-12-11-22-19-20(28(34)35-5)15-17-30(22,3)25(23)16-18-31(24,26)4/h6-11,19,23-26H,12-18H2,1-5H3,(H,32,33)/t23-,24-,25-,26+,30-,31-/m0/s1. The van der Waals surface area contributed by atoms with E-state index in [1.54, 1.807) is 0 Å². The molecule has 0 saturated heterocycles. The molecule has 4 aliphatic rings. The number of nitrogens with one attached hydrogen (secondary N) is 1. The van der Waals surface area contributed by atoms with Crippen LogP contribution in [0.1, 0.15) is 78.2 Å². The summed E-state index contributed by atoms with van der Waals surface area (Å²) in [6, 6.07) is 10.3. The molecule has 0 radical (unpaired) electrons. The van der Waals surface area contributed by atoms with Crippen molar-refractivity contribution in [2.75, 3.05) is 7.11 Å². The molecule has 0 spiro atoms. The maximum atomic E-state index is 13.7. The molecule has 6 atom stereocenters. The molecule has 0 heterocycles. The number of fused-ring (bicyclic) bond motifs is 5. The van der Waals surface area contributed by atoms with Crippen LogP contribution >= 0.6 is 0 Å². The molecule has 4 aliphatic carbocycles. The topological polar surface area (TPSA) is 55.4 Å². The fourth-order valence-corrected chi connectivity index (χ4v) is 8.37. The molecule has 1 aromatic rings. The van der Waals surface area contributed by atoms with Gasteiger partial charge >= 0.3 is 5.97 Å². The lowest BCUT2D eigenvalue weighted by atomic mass is 9.48. The van der Waals surface area contributed by atoms with Crippen molar-refractivity contribution in [2.24, 2.45) is 34.5 Å².